The summed E-state index contributed by atoms with van der Waals surface area (Å²) in [7, 11) is 1.87. The molecule has 1 aromatic rings. The Hall–Kier alpha value is -1.55. The molecule has 112 valence electrons. The molecule has 1 unspecified atom stereocenters. The van der Waals surface area contributed by atoms with Gasteiger partial charge in [-0.1, -0.05) is 19.9 Å². The quantitative estimate of drug-likeness (QED) is 0.804. The maximum atomic E-state index is 11.6. The van der Waals surface area contributed by atoms with Gasteiger partial charge in [-0.3, -0.25) is 4.79 Å². The van der Waals surface area contributed by atoms with Crippen molar-refractivity contribution in [1.82, 2.24) is 10.6 Å². The van der Waals surface area contributed by atoms with Crippen LogP contribution in [0, 0.1) is 6.92 Å². The Balaban J connectivity index is 2.46. The van der Waals surface area contributed by atoms with E-state index in [0.717, 1.165) is 5.75 Å². The largest absolute Gasteiger partial charge is 0.484 e. The number of carbonyl (C=O) groups excluding carboxylic acids is 1. The third-order valence-corrected chi connectivity index (χ3v) is 3.33. The number of benzene rings is 1. The zero-order valence-corrected chi connectivity index (χ0v) is 13.1. The predicted octanol–water partition coefficient (Wildman–Crippen LogP) is 2.22. The lowest BCUT2D eigenvalue weighted by Gasteiger charge is -2.13. The fraction of sp³-hybridized carbons (Fsp3) is 0.562. The highest BCUT2D eigenvalue weighted by atomic mass is 16.5. The van der Waals surface area contributed by atoms with Crippen LogP contribution in [0.4, 0.5) is 0 Å². The number of nitrogens with one attached hydrogen (secondary N) is 2. The van der Waals surface area contributed by atoms with Crippen molar-refractivity contribution in [3.05, 3.63) is 29.3 Å². The molecular formula is C16H26N2O2. The minimum atomic E-state index is -0.0994. The molecule has 0 spiro atoms. The van der Waals surface area contributed by atoms with Crippen molar-refractivity contribution in [1.29, 1.82) is 0 Å². The van der Waals surface area contributed by atoms with Gasteiger partial charge in [-0.05, 0) is 50.1 Å². The zero-order chi connectivity index (χ0) is 15.1. The van der Waals surface area contributed by atoms with E-state index < -0.39 is 0 Å². The van der Waals surface area contributed by atoms with E-state index in [4.69, 9.17) is 4.74 Å². The van der Waals surface area contributed by atoms with Crippen LogP contribution in [0.25, 0.3) is 0 Å². The Morgan fingerprint density at radius 1 is 1.30 bits per heavy atom. The third-order valence-electron chi connectivity index (χ3n) is 3.33. The smallest absolute Gasteiger partial charge is 0.257 e. The summed E-state index contributed by atoms with van der Waals surface area (Å²) in [5.74, 6) is 1.14. The Morgan fingerprint density at radius 3 is 2.55 bits per heavy atom. The molecule has 0 heterocycles. The van der Waals surface area contributed by atoms with Crippen molar-refractivity contribution in [3.8, 4) is 5.75 Å². The maximum absolute atomic E-state index is 11.6. The molecule has 2 N–H and O–H groups in total. The van der Waals surface area contributed by atoms with E-state index >= 15 is 0 Å². The van der Waals surface area contributed by atoms with E-state index in [9.17, 15) is 4.79 Å². The van der Waals surface area contributed by atoms with Crippen molar-refractivity contribution in [2.24, 2.45) is 0 Å². The number of carbonyl (C=O) groups is 1. The number of ether oxygens (including phenoxy) is 1. The van der Waals surface area contributed by atoms with E-state index in [1.165, 1.54) is 11.1 Å². The number of hydrogen-bond donors (Lipinski definition) is 2. The summed E-state index contributed by atoms with van der Waals surface area (Å²) in [5.41, 5.74) is 2.51. The van der Waals surface area contributed by atoms with Gasteiger partial charge in [-0.2, -0.15) is 0 Å². The number of hydrogen-bond acceptors (Lipinski definition) is 3. The van der Waals surface area contributed by atoms with Crippen LogP contribution in [0.2, 0.25) is 0 Å². The van der Waals surface area contributed by atoms with Gasteiger partial charge in [0.25, 0.3) is 5.91 Å². The molecule has 0 fully saturated rings. The van der Waals surface area contributed by atoms with Crippen molar-refractivity contribution >= 4 is 5.91 Å². The molecule has 20 heavy (non-hydrogen) atoms. The summed E-state index contributed by atoms with van der Waals surface area (Å²) in [6.45, 7) is 9.06. The van der Waals surface area contributed by atoms with Crippen LogP contribution < -0.4 is 15.4 Å². The van der Waals surface area contributed by atoms with Crippen molar-refractivity contribution in [2.45, 2.75) is 39.7 Å². The van der Waals surface area contributed by atoms with Crippen LogP contribution in [-0.2, 0) is 4.79 Å². The second kappa shape index (κ2) is 7.90. The molecule has 1 amide bonds. The minimum absolute atomic E-state index is 0.0525. The van der Waals surface area contributed by atoms with Crippen LogP contribution in [0.3, 0.4) is 0 Å². The van der Waals surface area contributed by atoms with Crippen LogP contribution in [0.15, 0.2) is 18.2 Å². The Morgan fingerprint density at radius 2 is 2.00 bits per heavy atom. The molecule has 1 aromatic carbocycles. The van der Waals surface area contributed by atoms with Gasteiger partial charge in [0.2, 0.25) is 0 Å². The second-order valence-corrected chi connectivity index (χ2v) is 5.46. The summed E-state index contributed by atoms with van der Waals surface area (Å²) in [6, 6.07) is 6.23. The van der Waals surface area contributed by atoms with Gasteiger partial charge >= 0.3 is 0 Å². The zero-order valence-electron chi connectivity index (χ0n) is 13.1. The summed E-state index contributed by atoms with van der Waals surface area (Å²) in [4.78, 5) is 11.6. The van der Waals surface area contributed by atoms with E-state index in [-0.39, 0.29) is 18.6 Å². The molecule has 0 aromatic heterocycles. The monoisotopic (exact) mass is 278 g/mol. The molecule has 1 rings (SSSR count). The lowest BCUT2D eigenvalue weighted by atomic mass is 9.98. The predicted molar refractivity (Wildman–Crippen MR) is 82.3 cm³/mol. The SMILES string of the molecule is CNC(C)CNC(=O)COc1ccc(C(C)C)c(C)c1. The Kier molecular flexibility index (Phi) is 6.52. The first-order chi connectivity index (χ1) is 9.43. The molecule has 0 saturated heterocycles. The standard InChI is InChI=1S/C16H26N2O2/c1-11(2)15-7-6-14(8-12(15)3)20-10-16(19)18-9-13(4)17-5/h6-8,11,13,17H,9-10H2,1-5H3,(H,18,19). The Labute approximate surface area is 121 Å². The van der Waals surface area contributed by atoms with Crippen LogP contribution in [0.1, 0.15) is 37.8 Å². The van der Waals surface area contributed by atoms with Crippen LogP contribution in [-0.4, -0.2) is 32.1 Å². The molecular weight excluding hydrogens is 252 g/mol. The molecule has 0 bridgehead atoms. The van der Waals surface area contributed by atoms with Gasteiger partial charge in [0.15, 0.2) is 6.61 Å². The molecule has 0 aliphatic heterocycles. The van der Waals surface area contributed by atoms with E-state index in [0.29, 0.717) is 12.5 Å². The summed E-state index contributed by atoms with van der Waals surface area (Å²) < 4.78 is 5.52. The minimum Gasteiger partial charge on any atom is -0.484 e. The van der Waals surface area contributed by atoms with Gasteiger partial charge < -0.3 is 15.4 Å². The first kappa shape index (κ1) is 16.5. The molecule has 1 atom stereocenters. The second-order valence-electron chi connectivity index (χ2n) is 5.46. The lowest BCUT2D eigenvalue weighted by molar-refractivity contribution is -0.123. The number of amides is 1. The van der Waals surface area contributed by atoms with E-state index in [1.807, 2.05) is 26.1 Å². The fourth-order valence-electron chi connectivity index (χ4n) is 1.95. The average molecular weight is 278 g/mol. The number of likely N-dealkylation sites (N-methyl/N-ethyl adjacent to an activating group) is 1. The maximum Gasteiger partial charge on any atom is 0.257 e. The van der Waals surface area contributed by atoms with Gasteiger partial charge in [-0.15, -0.1) is 0 Å². The molecule has 0 aliphatic rings. The molecule has 0 saturated carbocycles. The topological polar surface area (TPSA) is 50.4 Å². The van der Waals surface area contributed by atoms with Gasteiger partial charge in [0, 0.05) is 12.6 Å². The molecule has 0 radical (unpaired) electrons. The van der Waals surface area contributed by atoms with Crippen molar-refractivity contribution < 1.29 is 9.53 Å². The highest BCUT2D eigenvalue weighted by Crippen LogP contribution is 2.23. The van der Waals surface area contributed by atoms with Gasteiger partial charge in [0.05, 0.1) is 0 Å². The molecule has 0 aliphatic carbocycles. The molecule has 4 nitrogen and oxygen atoms in total. The first-order valence-corrected chi connectivity index (χ1v) is 7.11. The van der Waals surface area contributed by atoms with Gasteiger partial charge in [-0.25, -0.2) is 0 Å². The van der Waals surface area contributed by atoms with Gasteiger partial charge in [0.1, 0.15) is 5.75 Å². The van der Waals surface area contributed by atoms with Crippen LogP contribution in [0.5, 0.6) is 5.75 Å². The van der Waals surface area contributed by atoms with E-state index in [2.05, 4.69) is 37.5 Å². The third kappa shape index (κ3) is 5.21. The number of aryl methyl sites for hydroxylation is 1. The first-order valence-electron chi connectivity index (χ1n) is 7.11. The summed E-state index contributed by atoms with van der Waals surface area (Å²) in [6.07, 6.45) is 0. The highest BCUT2D eigenvalue weighted by molar-refractivity contribution is 5.77. The Bertz CT molecular complexity index is 444. The lowest BCUT2D eigenvalue weighted by Crippen LogP contribution is -2.39. The number of rotatable bonds is 7. The van der Waals surface area contributed by atoms with Crippen LogP contribution >= 0.6 is 0 Å². The average Bonchev–Trinajstić information content (AvgIpc) is 2.42. The highest BCUT2D eigenvalue weighted by Gasteiger charge is 2.07. The molecule has 4 heteroatoms. The fourth-order valence-corrected chi connectivity index (χ4v) is 1.95. The summed E-state index contributed by atoms with van der Waals surface area (Å²) >= 11 is 0. The normalized spacial score (nSPS) is 12.3. The van der Waals surface area contributed by atoms with Crippen molar-refractivity contribution in [2.75, 3.05) is 20.2 Å². The summed E-state index contributed by atoms with van der Waals surface area (Å²) in [5, 5.41) is 5.88. The van der Waals surface area contributed by atoms with Crippen molar-refractivity contribution in [3.63, 3.8) is 0 Å². The van der Waals surface area contributed by atoms with E-state index in [1.54, 1.807) is 0 Å².